The molecule has 0 aromatic heterocycles. The molecular formula is C21H21N3O3. The van der Waals surface area contributed by atoms with E-state index in [0.717, 1.165) is 5.56 Å². The molecule has 6 nitrogen and oxygen atoms in total. The van der Waals surface area contributed by atoms with Gasteiger partial charge in [0.1, 0.15) is 0 Å². The van der Waals surface area contributed by atoms with Gasteiger partial charge in [-0.3, -0.25) is 19.4 Å². The second-order valence-corrected chi connectivity index (χ2v) is 6.42. The highest BCUT2D eigenvalue weighted by Gasteiger charge is 2.38. The average molecular weight is 363 g/mol. The lowest BCUT2D eigenvalue weighted by Gasteiger charge is -2.31. The maximum Gasteiger partial charge on any atom is 0.265 e. The van der Waals surface area contributed by atoms with Gasteiger partial charge in [-0.1, -0.05) is 35.9 Å². The summed E-state index contributed by atoms with van der Waals surface area (Å²) in [4.78, 5) is 42.4. The predicted octanol–water partition coefficient (Wildman–Crippen LogP) is 2.47. The highest BCUT2D eigenvalue weighted by molar-refractivity contribution is 6.29. The van der Waals surface area contributed by atoms with Crippen LogP contribution in [0.15, 0.2) is 53.5 Å². The molecule has 0 spiro atoms. The molecule has 0 fully saturated rings. The van der Waals surface area contributed by atoms with Crippen LogP contribution in [0.2, 0.25) is 0 Å². The van der Waals surface area contributed by atoms with Crippen LogP contribution in [0.3, 0.4) is 0 Å². The zero-order chi connectivity index (χ0) is 19.4. The van der Waals surface area contributed by atoms with Gasteiger partial charge in [0.15, 0.2) is 0 Å². The molecule has 3 amide bonds. The Morgan fingerprint density at radius 2 is 1.85 bits per heavy atom. The Kier molecular flexibility index (Phi) is 5.45. The summed E-state index contributed by atoms with van der Waals surface area (Å²) < 4.78 is 0. The fourth-order valence-corrected chi connectivity index (χ4v) is 3.01. The van der Waals surface area contributed by atoms with Crippen molar-refractivity contribution in [2.24, 2.45) is 4.99 Å². The van der Waals surface area contributed by atoms with Gasteiger partial charge in [-0.05, 0) is 30.7 Å². The summed E-state index contributed by atoms with van der Waals surface area (Å²) in [6, 6.07) is 14.4. The lowest BCUT2D eigenvalue weighted by Crippen LogP contribution is -2.45. The van der Waals surface area contributed by atoms with Crippen LogP contribution in [0.5, 0.6) is 0 Å². The zero-order valence-corrected chi connectivity index (χ0v) is 15.3. The maximum absolute atomic E-state index is 13.1. The van der Waals surface area contributed by atoms with Gasteiger partial charge in [-0.15, -0.1) is 0 Å². The van der Waals surface area contributed by atoms with Gasteiger partial charge in [0.2, 0.25) is 11.8 Å². The highest BCUT2D eigenvalue weighted by atomic mass is 16.2. The quantitative estimate of drug-likeness (QED) is 0.503. The van der Waals surface area contributed by atoms with Gasteiger partial charge < -0.3 is 5.32 Å². The van der Waals surface area contributed by atoms with Gasteiger partial charge in [0, 0.05) is 25.2 Å². The Bertz CT molecular complexity index is 903. The number of hydrogen-bond donors (Lipinski definition) is 1. The largest absolute Gasteiger partial charge is 0.354 e. The lowest BCUT2D eigenvalue weighted by atomic mass is 9.89. The van der Waals surface area contributed by atoms with Crippen LogP contribution < -0.4 is 10.2 Å². The number of benzene rings is 2. The van der Waals surface area contributed by atoms with E-state index in [1.165, 1.54) is 11.8 Å². The van der Waals surface area contributed by atoms with E-state index in [1.807, 2.05) is 19.1 Å². The molecule has 1 N–H and O–H groups in total. The van der Waals surface area contributed by atoms with Gasteiger partial charge in [0.05, 0.1) is 18.2 Å². The molecule has 0 aliphatic carbocycles. The third-order valence-electron chi connectivity index (χ3n) is 4.38. The molecule has 2 aromatic rings. The van der Waals surface area contributed by atoms with E-state index in [0.29, 0.717) is 29.9 Å². The van der Waals surface area contributed by atoms with E-state index >= 15 is 0 Å². The van der Waals surface area contributed by atoms with Crippen LogP contribution in [0.4, 0.5) is 5.69 Å². The van der Waals surface area contributed by atoms with Gasteiger partial charge in [0.25, 0.3) is 5.91 Å². The number of amides is 3. The Balaban J connectivity index is 1.92. The molecule has 2 aromatic carbocycles. The molecule has 1 aliphatic rings. The second-order valence-electron chi connectivity index (χ2n) is 6.42. The third kappa shape index (κ3) is 3.95. The van der Waals surface area contributed by atoms with Crippen molar-refractivity contribution in [3.63, 3.8) is 0 Å². The first-order valence-electron chi connectivity index (χ1n) is 8.77. The summed E-state index contributed by atoms with van der Waals surface area (Å²) in [5, 5.41) is 2.66. The van der Waals surface area contributed by atoms with Crippen LogP contribution in [0.25, 0.3) is 0 Å². The van der Waals surface area contributed by atoms with Gasteiger partial charge in [-0.2, -0.15) is 0 Å². The normalized spacial score (nSPS) is 16.5. The SMILES string of the molecule is CC(=O)NCCN=C[C@H]1C(=O)N(c2ccc(C)cc2)C(=O)c2ccccc21. The van der Waals surface area contributed by atoms with Gasteiger partial charge in [-0.25, -0.2) is 4.90 Å². The zero-order valence-electron chi connectivity index (χ0n) is 15.3. The minimum atomic E-state index is -0.641. The van der Waals surface area contributed by atoms with E-state index in [2.05, 4.69) is 10.3 Å². The Labute approximate surface area is 157 Å². The van der Waals surface area contributed by atoms with E-state index in [9.17, 15) is 14.4 Å². The van der Waals surface area contributed by atoms with Crippen molar-refractivity contribution in [1.29, 1.82) is 0 Å². The van der Waals surface area contributed by atoms with E-state index in [-0.39, 0.29) is 17.7 Å². The summed E-state index contributed by atoms with van der Waals surface area (Å²) in [6.07, 6.45) is 1.57. The third-order valence-corrected chi connectivity index (χ3v) is 4.38. The van der Waals surface area contributed by atoms with E-state index in [1.54, 1.807) is 42.6 Å². The monoisotopic (exact) mass is 363 g/mol. The summed E-state index contributed by atoms with van der Waals surface area (Å²) in [5.41, 5.74) is 2.74. The van der Waals surface area contributed by atoms with Crippen LogP contribution in [-0.4, -0.2) is 37.0 Å². The number of imide groups is 1. The number of nitrogens with zero attached hydrogens (tertiary/aromatic N) is 2. The van der Waals surface area contributed by atoms with Crippen molar-refractivity contribution in [2.45, 2.75) is 19.8 Å². The molecule has 1 atom stereocenters. The predicted molar refractivity (Wildman–Crippen MR) is 104 cm³/mol. The maximum atomic E-state index is 13.1. The van der Waals surface area contributed by atoms with Crippen molar-refractivity contribution >= 4 is 29.6 Å². The van der Waals surface area contributed by atoms with Crippen LogP contribution in [0, 0.1) is 6.92 Å². The standard InChI is InChI=1S/C21H21N3O3/c1-14-7-9-16(10-8-14)24-20(26)18-6-4-3-5-17(18)19(21(24)27)13-22-11-12-23-15(2)25/h3-10,13,19H,11-12H2,1-2H3,(H,23,25)/t19-/m1/s1. The number of aliphatic imine (C=N–C) groups is 1. The van der Waals surface area contributed by atoms with Crippen molar-refractivity contribution in [3.8, 4) is 0 Å². The highest BCUT2D eigenvalue weighted by Crippen LogP contribution is 2.31. The minimum absolute atomic E-state index is 0.125. The second kappa shape index (κ2) is 7.95. The first-order valence-corrected chi connectivity index (χ1v) is 8.77. The van der Waals surface area contributed by atoms with Crippen LogP contribution >= 0.6 is 0 Å². The average Bonchev–Trinajstić information content (AvgIpc) is 2.65. The first kappa shape index (κ1) is 18.5. The number of carbonyl (C=O) groups is 3. The fraction of sp³-hybridized carbons (Fsp3) is 0.238. The van der Waals surface area contributed by atoms with Crippen LogP contribution in [-0.2, 0) is 9.59 Å². The van der Waals surface area contributed by atoms with Crippen molar-refractivity contribution in [2.75, 3.05) is 18.0 Å². The molecule has 27 heavy (non-hydrogen) atoms. The number of rotatable bonds is 5. The number of hydrogen-bond acceptors (Lipinski definition) is 4. The molecule has 0 unspecified atom stereocenters. The Hall–Kier alpha value is -3.28. The minimum Gasteiger partial charge on any atom is -0.354 e. The summed E-state index contributed by atoms with van der Waals surface area (Å²) in [7, 11) is 0. The summed E-state index contributed by atoms with van der Waals surface area (Å²) >= 11 is 0. The molecule has 0 saturated carbocycles. The van der Waals surface area contributed by atoms with E-state index < -0.39 is 5.92 Å². The molecule has 6 heteroatoms. The molecule has 0 radical (unpaired) electrons. The molecule has 0 saturated heterocycles. The lowest BCUT2D eigenvalue weighted by molar-refractivity contribution is -0.119. The molecule has 1 heterocycles. The molecule has 138 valence electrons. The molecule has 1 aliphatic heterocycles. The summed E-state index contributed by atoms with van der Waals surface area (Å²) in [6.45, 7) is 4.15. The summed E-state index contributed by atoms with van der Waals surface area (Å²) in [5.74, 6) is -1.42. The number of anilines is 1. The number of fused-ring (bicyclic) bond motifs is 1. The smallest absolute Gasteiger partial charge is 0.265 e. The van der Waals surface area contributed by atoms with Crippen molar-refractivity contribution in [3.05, 3.63) is 65.2 Å². The van der Waals surface area contributed by atoms with Gasteiger partial charge >= 0.3 is 0 Å². The number of carbonyl (C=O) groups excluding carboxylic acids is 3. The number of aryl methyl sites for hydroxylation is 1. The van der Waals surface area contributed by atoms with E-state index in [4.69, 9.17) is 0 Å². The molecule has 3 rings (SSSR count). The Morgan fingerprint density at radius 3 is 2.56 bits per heavy atom. The first-order chi connectivity index (χ1) is 13.0. The molecule has 0 bridgehead atoms. The topological polar surface area (TPSA) is 78.8 Å². The fourth-order valence-electron chi connectivity index (χ4n) is 3.01. The van der Waals surface area contributed by atoms with Crippen molar-refractivity contribution < 1.29 is 14.4 Å². The van der Waals surface area contributed by atoms with Crippen molar-refractivity contribution in [1.82, 2.24) is 5.32 Å². The molecular weight excluding hydrogens is 342 g/mol. The Morgan fingerprint density at radius 1 is 1.15 bits per heavy atom. The van der Waals surface area contributed by atoms with Crippen LogP contribution in [0.1, 0.15) is 34.3 Å². The number of nitrogens with one attached hydrogen (secondary N) is 1.